The molecule has 0 aliphatic heterocycles. The van der Waals surface area contributed by atoms with E-state index >= 15 is 0 Å². The van der Waals surface area contributed by atoms with Crippen molar-refractivity contribution in [2.75, 3.05) is 6.54 Å². The molecule has 0 fully saturated rings. The number of hydrogen-bond donors (Lipinski definition) is 1. The second-order valence-electron chi connectivity index (χ2n) is 5.02. The average Bonchev–Trinajstić information content (AvgIpc) is 3.05. The quantitative estimate of drug-likeness (QED) is 0.777. The summed E-state index contributed by atoms with van der Waals surface area (Å²) < 4.78 is 3.23. The van der Waals surface area contributed by atoms with Crippen LogP contribution in [0.2, 0.25) is 0 Å². The lowest BCUT2D eigenvalue weighted by Crippen LogP contribution is -2.22. The molecule has 1 aromatic carbocycles. The van der Waals surface area contributed by atoms with E-state index in [1.54, 1.807) is 0 Å². The number of aromatic nitrogens is 2. The first-order chi connectivity index (χ1) is 9.78. The summed E-state index contributed by atoms with van der Waals surface area (Å²) in [5, 5.41) is 11.5. The highest BCUT2D eigenvalue weighted by Crippen LogP contribution is 2.29. The fraction of sp³-hybridized carbons (Fsp3) is 0.312. The van der Waals surface area contributed by atoms with Crippen LogP contribution in [0.3, 0.4) is 0 Å². The zero-order valence-electron chi connectivity index (χ0n) is 11.8. The van der Waals surface area contributed by atoms with Gasteiger partial charge in [-0.15, -0.1) is 11.3 Å². The molecule has 3 nitrogen and oxygen atoms in total. The lowest BCUT2D eigenvalue weighted by Gasteiger charge is -2.16. The first-order valence-corrected chi connectivity index (χ1v) is 7.83. The number of likely N-dealkylation sites (N-methyl/N-ethyl adjacent to an activating group) is 1. The van der Waals surface area contributed by atoms with Gasteiger partial charge in [-0.1, -0.05) is 25.1 Å². The van der Waals surface area contributed by atoms with Crippen LogP contribution in [-0.2, 0) is 13.5 Å². The van der Waals surface area contributed by atoms with Crippen molar-refractivity contribution in [3.8, 4) is 0 Å². The number of aryl methyl sites for hydroxylation is 1. The molecule has 3 rings (SSSR count). The summed E-state index contributed by atoms with van der Waals surface area (Å²) in [6, 6.07) is 8.95. The fourth-order valence-electron chi connectivity index (χ4n) is 2.59. The second-order valence-corrected chi connectivity index (χ2v) is 5.93. The molecule has 0 aliphatic carbocycles. The minimum atomic E-state index is 0.326. The van der Waals surface area contributed by atoms with E-state index in [-0.39, 0.29) is 0 Å². The smallest absolute Gasteiger partial charge is 0.0537 e. The third-order valence-electron chi connectivity index (χ3n) is 3.56. The molecule has 2 heterocycles. The first kappa shape index (κ1) is 13.3. The van der Waals surface area contributed by atoms with Gasteiger partial charge in [-0.25, -0.2) is 0 Å². The number of fused-ring (bicyclic) bond motifs is 1. The standard InChI is InChI=1S/C16H19N3S/c1-3-17-15(13-9-18-19(2)10-13)8-12-11-20-16-7-5-4-6-14(12)16/h4-7,9-11,15,17H,3,8H2,1-2H3. The van der Waals surface area contributed by atoms with Crippen molar-refractivity contribution in [3.05, 3.63) is 53.2 Å². The largest absolute Gasteiger partial charge is 0.310 e. The van der Waals surface area contributed by atoms with Gasteiger partial charge < -0.3 is 5.32 Å². The molecule has 0 saturated heterocycles. The van der Waals surface area contributed by atoms with Gasteiger partial charge in [0.05, 0.1) is 6.20 Å². The van der Waals surface area contributed by atoms with E-state index in [1.165, 1.54) is 21.2 Å². The Morgan fingerprint density at radius 1 is 1.35 bits per heavy atom. The van der Waals surface area contributed by atoms with E-state index in [4.69, 9.17) is 0 Å². The van der Waals surface area contributed by atoms with E-state index in [1.807, 2.05) is 29.3 Å². The van der Waals surface area contributed by atoms with Crippen LogP contribution < -0.4 is 5.32 Å². The molecule has 20 heavy (non-hydrogen) atoms. The summed E-state index contributed by atoms with van der Waals surface area (Å²) in [4.78, 5) is 0. The molecule has 2 aromatic heterocycles. The first-order valence-electron chi connectivity index (χ1n) is 6.95. The summed E-state index contributed by atoms with van der Waals surface area (Å²) in [6.45, 7) is 3.11. The summed E-state index contributed by atoms with van der Waals surface area (Å²) >= 11 is 1.83. The maximum atomic E-state index is 4.29. The number of thiophene rings is 1. The highest BCUT2D eigenvalue weighted by molar-refractivity contribution is 7.17. The molecule has 0 amide bonds. The highest BCUT2D eigenvalue weighted by atomic mass is 32.1. The van der Waals surface area contributed by atoms with E-state index in [0.29, 0.717) is 6.04 Å². The van der Waals surface area contributed by atoms with Crippen LogP contribution in [0, 0.1) is 0 Å². The van der Waals surface area contributed by atoms with Crippen LogP contribution >= 0.6 is 11.3 Å². The Labute approximate surface area is 123 Å². The van der Waals surface area contributed by atoms with Crippen molar-refractivity contribution in [1.29, 1.82) is 0 Å². The van der Waals surface area contributed by atoms with Gasteiger partial charge in [0.25, 0.3) is 0 Å². The lowest BCUT2D eigenvalue weighted by atomic mass is 10.0. The van der Waals surface area contributed by atoms with Crippen molar-refractivity contribution in [3.63, 3.8) is 0 Å². The molecule has 1 atom stereocenters. The van der Waals surface area contributed by atoms with Gasteiger partial charge in [0, 0.05) is 29.5 Å². The highest BCUT2D eigenvalue weighted by Gasteiger charge is 2.15. The lowest BCUT2D eigenvalue weighted by molar-refractivity contribution is 0.551. The summed E-state index contributed by atoms with van der Waals surface area (Å²) in [6.07, 6.45) is 5.06. The van der Waals surface area contributed by atoms with E-state index in [2.05, 4.69) is 53.2 Å². The molecule has 1 unspecified atom stereocenters. The van der Waals surface area contributed by atoms with Gasteiger partial charge in [-0.05, 0) is 35.4 Å². The average molecular weight is 285 g/mol. The monoisotopic (exact) mass is 285 g/mol. The Balaban J connectivity index is 1.90. The van der Waals surface area contributed by atoms with E-state index in [9.17, 15) is 0 Å². The predicted octanol–water partition coefficient (Wildman–Crippen LogP) is 3.53. The number of benzene rings is 1. The molecule has 3 aromatic rings. The molecule has 0 radical (unpaired) electrons. The SMILES string of the molecule is CCNC(Cc1csc2ccccc12)c1cnn(C)c1. The van der Waals surface area contributed by atoms with Gasteiger partial charge >= 0.3 is 0 Å². The molecular formula is C16H19N3S. The van der Waals surface area contributed by atoms with Crippen LogP contribution in [0.5, 0.6) is 0 Å². The number of rotatable bonds is 5. The molecule has 104 valence electrons. The normalized spacial score (nSPS) is 12.9. The van der Waals surface area contributed by atoms with Crippen molar-refractivity contribution in [2.24, 2.45) is 7.05 Å². The summed E-state index contributed by atoms with van der Waals surface area (Å²) in [5.74, 6) is 0. The number of hydrogen-bond acceptors (Lipinski definition) is 3. The van der Waals surface area contributed by atoms with Crippen molar-refractivity contribution < 1.29 is 0 Å². The molecule has 4 heteroatoms. The van der Waals surface area contributed by atoms with Crippen LogP contribution in [0.15, 0.2) is 42.0 Å². The predicted molar refractivity (Wildman–Crippen MR) is 85.2 cm³/mol. The van der Waals surface area contributed by atoms with Gasteiger partial charge in [-0.3, -0.25) is 4.68 Å². The van der Waals surface area contributed by atoms with Gasteiger partial charge in [0.2, 0.25) is 0 Å². The molecule has 1 N–H and O–H groups in total. The van der Waals surface area contributed by atoms with Crippen molar-refractivity contribution in [2.45, 2.75) is 19.4 Å². The van der Waals surface area contributed by atoms with Gasteiger partial charge in [0.15, 0.2) is 0 Å². The van der Waals surface area contributed by atoms with Crippen molar-refractivity contribution >= 4 is 21.4 Å². The number of nitrogens with one attached hydrogen (secondary N) is 1. The Bertz CT molecular complexity index is 698. The van der Waals surface area contributed by atoms with Crippen LogP contribution in [0.25, 0.3) is 10.1 Å². The maximum Gasteiger partial charge on any atom is 0.0537 e. The van der Waals surface area contributed by atoms with Gasteiger partial charge in [-0.2, -0.15) is 5.10 Å². The molecule has 0 spiro atoms. The molecule has 0 aliphatic rings. The fourth-order valence-corrected chi connectivity index (χ4v) is 3.56. The maximum absolute atomic E-state index is 4.29. The van der Waals surface area contributed by atoms with Gasteiger partial charge in [0.1, 0.15) is 0 Å². The Morgan fingerprint density at radius 2 is 2.20 bits per heavy atom. The Hall–Kier alpha value is -1.65. The number of nitrogens with zero attached hydrogens (tertiary/aromatic N) is 2. The van der Waals surface area contributed by atoms with E-state index < -0.39 is 0 Å². The van der Waals surface area contributed by atoms with Crippen LogP contribution in [0.1, 0.15) is 24.1 Å². The third kappa shape index (κ3) is 2.62. The zero-order chi connectivity index (χ0) is 13.9. The minimum Gasteiger partial charge on any atom is -0.310 e. The van der Waals surface area contributed by atoms with E-state index in [0.717, 1.165) is 13.0 Å². The minimum absolute atomic E-state index is 0.326. The third-order valence-corrected chi connectivity index (χ3v) is 4.58. The zero-order valence-corrected chi connectivity index (χ0v) is 12.7. The second kappa shape index (κ2) is 5.77. The summed E-state index contributed by atoms with van der Waals surface area (Å²) in [5.41, 5.74) is 2.67. The topological polar surface area (TPSA) is 29.9 Å². The van der Waals surface area contributed by atoms with Crippen molar-refractivity contribution in [1.82, 2.24) is 15.1 Å². The summed E-state index contributed by atoms with van der Waals surface area (Å²) in [7, 11) is 1.96. The van der Waals surface area contributed by atoms with Crippen LogP contribution in [-0.4, -0.2) is 16.3 Å². The molecule has 0 saturated carbocycles. The molecule has 0 bridgehead atoms. The Kier molecular flexibility index (Phi) is 3.85. The molecular weight excluding hydrogens is 266 g/mol. The van der Waals surface area contributed by atoms with Crippen LogP contribution in [0.4, 0.5) is 0 Å². The Morgan fingerprint density at radius 3 is 2.95 bits per heavy atom.